The average Bonchev–Trinajstić information content (AvgIpc) is 3.40. The molecule has 0 radical (unpaired) electrons. The second kappa shape index (κ2) is 7.75. The summed E-state index contributed by atoms with van der Waals surface area (Å²) in [5.41, 5.74) is 1.42. The van der Waals surface area contributed by atoms with Crippen LogP contribution in [0.1, 0.15) is 30.3 Å². The van der Waals surface area contributed by atoms with Crippen molar-refractivity contribution in [2.45, 2.75) is 32.0 Å². The van der Waals surface area contributed by atoms with Crippen molar-refractivity contribution in [3.05, 3.63) is 42.4 Å². The summed E-state index contributed by atoms with van der Waals surface area (Å²) >= 11 is 0. The molecule has 2 amide bonds. The summed E-state index contributed by atoms with van der Waals surface area (Å²) in [6.45, 7) is 2.30. The predicted octanol–water partition coefficient (Wildman–Crippen LogP) is 4.36. The highest BCUT2D eigenvalue weighted by molar-refractivity contribution is 6.05. The number of Topliss-reactive ketones (excluding diaryl/α,β-unsaturated/α-hetero) is 1. The predicted molar refractivity (Wildman–Crippen MR) is 117 cm³/mol. The zero-order chi connectivity index (χ0) is 23.3. The molecule has 2 aliphatic rings. The van der Waals surface area contributed by atoms with Crippen molar-refractivity contribution in [1.29, 1.82) is 0 Å². The molecular weight excluding hydrogens is 437 g/mol. The lowest BCUT2D eigenvalue weighted by Crippen LogP contribution is -2.48. The number of urea groups is 1. The number of hydrogen-bond donors (Lipinski definition) is 2. The highest BCUT2D eigenvalue weighted by atomic mass is 19.4. The molecule has 8 nitrogen and oxygen atoms in total. The smallest absolute Gasteiger partial charge is 0.366 e. The molecule has 0 unspecified atom stereocenters. The van der Waals surface area contributed by atoms with Gasteiger partial charge < -0.3 is 9.88 Å². The summed E-state index contributed by atoms with van der Waals surface area (Å²) in [6.07, 6.45) is -1.07. The van der Waals surface area contributed by atoms with E-state index in [1.165, 1.54) is 11.0 Å². The van der Waals surface area contributed by atoms with Crippen LogP contribution >= 0.6 is 0 Å². The van der Waals surface area contributed by atoms with Crippen LogP contribution < -0.4 is 15.1 Å². The standard InChI is InChI=1S/C22H21F3N6O2/c1-12(22(23,24)25)8-18(32)15-2-3-17-20(28-15)31(14-5-7-30(17)11-14)21(33)29-19-9-13-4-6-26-16(13)10-27-19/h2-4,6,9-10,12,14,26H,5,7-8,11H2,1H3,(H,27,29,33)/t12-,14-/m0/s1. The number of ketones is 1. The second-order valence-corrected chi connectivity index (χ2v) is 8.43. The van der Waals surface area contributed by atoms with Gasteiger partial charge in [0.05, 0.1) is 29.4 Å². The van der Waals surface area contributed by atoms with E-state index in [2.05, 4.69) is 25.2 Å². The maximum absolute atomic E-state index is 13.3. The molecule has 0 aliphatic carbocycles. The number of H-pyrrole nitrogens is 1. The topological polar surface area (TPSA) is 94.2 Å². The van der Waals surface area contributed by atoms with Gasteiger partial charge in [0.2, 0.25) is 0 Å². The molecule has 1 fully saturated rings. The van der Waals surface area contributed by atoms with Crippen LogP contribution in [0.25, 0.3) is 10.9 Å². The van der Waals surface area contributed by atoms with E-state index in [4.69, 9.17) is 0 Å². The van der Waals surface area contributed by atoms with Gasteiger partial charge >= 0.3 is 12.2 Å². The Balaban J connectivity index is 1.43. The van der Waals surface area contributed by atoms with E-state index in [1.807, 2.05) is 6.07 Å². The Morgan fingerprint density at radius 2 is 2.12 bits per heavy atom. The third-order valence-electron chi connectivity index (χ3n) is 6.18. The molecule has 2 bridgehead atoms. The van der Waals surface area contributed by atoms with Crippen LogP contribution in [0.4, 0.5) is 35.3 Å². The van der Waals surface area contributed by atoms with Crippen molar-refractivity contribution in [3.8, 4) is 0 Å². The molecule has 5 rings (SSSR count). The summed E-state index contributed by atoms with van der Waals surface area (Å²) in [7, 11) is 0. The second-order valence-electron chi connectivity index (χ2n) is 8.43. The molecule has 2 atom stereocenters. The van der Waals surface area contributed by atoms with Crippen LogP contribution in [0, 0.1) is 5.92 Å². The number of alkyl halides is 3. The number of nitrogens with zero attached hydrogens (tertiary/aromatic N) is 4. The number of halogens is 3. The van der Waals surface area contributed by atoms with E-state index in [0.717, 1.165) is 24.4 Å². The molecule has 1 saturated heterocycles. The number of aromatic nitrogens is 3. The number of rotatable bonds is 4. The van der Waals surface area contributed by atoms with E-state index in [9.17, 15) is 22.8 Å². The number of nitrogens with one attached hydrogen (secondary N) is 2. The van der Waals surface area contributed by atoms with Crippen molar-refractivity contribution in [1.82, 2.24) is 15.0 Å². The van der Waals surface area contributed by atoms with Crippen molar-refractivity contribution >= 4 is 40.0 Å². The van der Waals surface area contributed by atoms with Gasteiger partial charge in [-0.3, -0.25) is 15.0 Å². The van der Waals surface area contributed by atoms with E-state index >= 15 is 0 Å². The molecule has 11 heteroatoms. The van der Waals surface area contributed by atoms with Crippen molar-refractivity contribution < 1.29 is 22.8 Å². The first kappa shape index (κ1) is 21.2. The lowest BCUT2D eigenvalue weighted by Gasteiger charge is -2.35. The zero-order valence-corrected chi connectivity index (χ0v) is 17.7. The largest absolute Gasteiger partial charge is 0.391 e. The average molecular weight is 458 g/mol. The van der Waals surface area contributed by atoms with Crippen LogP contribution in [0.2, 0.25) is 0 Å². The number of amides is 2. The third-order valence-corrected chi connectivity index (χ3v) is 6.18. The Morgan fingerprint density at radius 3 is 2.91 bits per heavy atom. The van der Waals surface area contributed by atoms with Crippen LogP contribution in [0.15, 0.2) is 36.7 Å². The number of carbonyl (C=O) groups is 2. The lowest BCUT2D eigenvalue weighted by atomic mass is 10.0. The van der Waals surface area contributed by atoms with Crippen molar-refractivity contribution in [2.75, 3.05) is 28.2 Å². The zero-order valence-electron chi connectivity index (χ0n) is 17.7. The quantitative estimate of drug-likeness (QED) is 0.567. The maximum Gasteiger partial charge on any atom is 0.391 e. The molecular formula is C22H21F3N6O2. The fraction of sp³-hybridized carbons (Fsp3) is 0.364. The molecule has 2 N–H and O–H groups in total. The molecule has 0 spiro atoms. The third kappa shape index (κ3) is 3.87. The monoisotopic (exact) mass is 458 g/mol. The minimum atomic E-state index is -4.46. The highest BCUT2D eigenvalue weighted by Gasteiger charge is 2.41. The minimum Gasteiger partial charge on any atom is -0.366 e. The molecule has 2 aliphatic heterocycles. The Kier molecular flexibility index (Phi) is 4.98. The first-order chi connectivity index (χ1) is 15.7. The molecule has 3 aromatic heterocycles. The normalized spacial score (nSPS) is 18.4. The van der Waals surface area contributed by atoms with Gasteiger partial charge in [0.15, 0.2) is 11.6 Å². The van der Waals surface area contributed by atoms with Crippen LogP contribution in [0.5, 0.6) is 0 Å². The Bertz CT molecular complexity index is 1240. The van der Waals surface area contributed by atoms with E-state index < -0.39 is 30.3 Å². The molecule has 172 valence electrons. The van der Waals surface area contributed by atoms with E-state index in [0.29, 0.717) is 24.5 Å². The van der Waals surface area contributed by atoms with Gasteiger partial charge in [-0.1, -0.05) is 6.92 Å². The SMILES string of the molecule is C[C@@H](CC(=O)c1ccc2c(n1)N(C(=O)Nc1cc3cc[nH]c3cn1)[C@H]1CCN2C1)C(F)(F)F. The molecule has 5 heterocycles. The van der Waals surface area contributed by atoms with Gasteiger partial charge in [0, 0.05) is 31.1 Å². The van der Waals surface area contributed by atoms with Crippen LogP contribution in [-0.2, 0) is 0 Å². The summed E-state index contributed by atoms with van der Waals surface area (Å²) in [5, 5.41) is 3.67. The van der Waals surface area contributed by atoms with Crippen LogP contribution in [-0.4, -0.2) is 52.1 Å². The summed E-state index contributed by atoms with van der Waals surface area (Å²) < 4.78 is 38.7. The maximum atomic E-state index is 13.3. The molecule has 0 saturated carbocycles. The van der Waals surface area contributed by atoms with Gasteiger partial charge in [-0.15, -0.1) is 0 Å². The summed E-state index contributed by atoms with van der Waals surface area (Å²) in [5.74, 6) is -1.86. The van der Waals surface area contributed by atoms with Gasteiger partial charge in [-0.25, -0.2) is 14.8 Å². The van der Waals surface area contributed by atoms with Crippen LogP contribution in [0.3, 0.4) is 0 Å². The van der Waals surface area contributed by atoms with Crippen molar-refractivity contribution in [3.63, 3.8) is 0 Å². The number of aromatic amines is 1. The van der Waals surface area contributed by atoms with Crippen molar-refractivity contribution in [2.24, 2.45) is 5.92 Å². The molecule has 33 heavy (non-hydrogen) atoms. The number of anilines is 3. The van der Waals surface area contributed by atoms with Gasteiger partial charge in [-0.05, 0) is 30.7 Å². The highest BCUT2D eigenvalue weighted by Crippen LogP contribution is 2.39. The first-order valence-electron chi connectivity index (χ1n) is 10.6. The molecule has 0 aromatic carbocycles. The minimum absolute atomic E-state index is 0.0861. The fourth-order valence-electron chi connectivity index (χ4n) is 4.31. The summed E-state index contributed by atoms with van der Waals surface area (Å²) in [4.78, 5) is 41.0. The lowest BCUT2D eigenvalue weighted by molar-refractivity contribution is -0.168. The number of carbonyl (C=O) groups excluding carboxylic acids is 2. The van der Waals surface area contributed by atoms with E-state index in [1.54, 1.807) is 24.5 Å². The Labute approximate surface area is 186 Å². The van der Waals surface area contributed by atoms with Gasteiger partial charge in [0.1, 0.15) is 11.5 Å². The van der Waals surface area contributed by atoms with E-state index in [-0.39, 0.29) is 17.6 Å². The number of hydrogen-bond acceptors (Lipinski definition) is 5. The van der Waals surface area contributed by atoms with Gasteiger partial charge in [-0.2, -0.15) is 13.2 Å². The fourth-order valence-corrected chi connectivity index (χ4v) is 4.31. The Hall–Kier alpha value is -3.63. The van der Waals surface area contributed by atoms with Gasteiger partial charge in [0.25, 0.3) is 0 Å². The summed E-state index contributed by atoms with van der Waals surface area (Å²) in [6, 6.07) is 6.06. The number of pyridine rings is 2. The first-order valence-corrected chi connectivity index (χ1v) is 10.6. The Morgan fingerprint density at radius 1 is 1.30 bits per heavy atom. The molecule has 3 aromatic rings. The number of fused-ring (bicyclic) bond motifs is 5.